The summed E-state index contributed by atoms with van der Waals surface area (Å²) >= 11 is 0. The van der Waals surface area contributed by atoms with Crippen LogP contribution in [0.25, 0.3) is 99.9 Å². The summed E-state index contributed by atoms with van der Waals surface area (Å²) in [5, 5.41) is 6.23. The van der Waals surface area contributed by atoms with Gasteiger partial charge in [0.1, 0.15) is 0 Å². The lowest BCUT2D eigenvalue weighted by Gasteiger charge is -2.15. The summed E-state index contributed by atoms with van der Waals surface area (Å²) in [5.41, 5.74) is 12.9. The molecule has 3 aromatic heterocycles. The van der Waals surface area contributed by atoms with Crippen LogP contribution >= 0.6 is 0 Å². The second-order valence-electron chi connectivity index (χ2n) is 13.9. The lowest BCUT2D eigenvalue weighted by Crippen LogP contribution is -1.99. The van der Waals surface area contributed by atoms with Crippen molar-refractivity contribution < 1.29 is 0 Å². The van der Waals surface area contributed by atoms with E-state index in [4.69, 9.17) is 9.97 Å². The van der Waals surface area contributed by atoms with Crippen molar-refractivity contribution in [2.24, 2.45) is 0 Å². The van der Waals surface area contributed by atoms with E-state index in [-0.39, 0.29) is 0 Å². The first-order chi connectivity index (χ1) is 26.8. The van der Waals surface area contributed by atoms with Crippen molar-refractivity contribution in [2.75, 3.05) is 0 Å². The van der Waals surface area contributed by atoms with E-state index in [1.54, 1.807) is 0 Å². The molecule has 0 unspecified atom stereocenters. The van der Waals surface area contributed by atoms with E-state index in [2.05, 4.69) is 179 Å². The van der Waals surface area contributed by atoms with Gasteiger partial charge in [-0.2, -0.15) is 0 Å². The normalized spacial score (nSPS) is 11.7. The molecule has 0 aliphatic carbocycles. The van der Waals surface area contributed by atoms with Gasteiger partial charge in [-0.05, 0) is 71.1 Å². The molecule has 11 rings (SSSR count). The maximum absolute atomic E-state index is 5.26. The fourth-order valence-corrected chi connectivity index (χ4v) is 8.22. The van der Waals surface area contributed by atoms with Crippen LogP contribution in [0.4, 0.5) is 0 Å². The van der Waals surface area contributed by atoms with Gasteiger partial charge in [0.05, 0.1) is 27.9 Å². The lowest BCUT2D eigenvalue weighted by atomic mass is 9.99. The molecule has 0 saturated heterocycles. The first-order valence-electron chi connectivity index (χ1n) is 18.3. The summed E-state index contributed by atoms with van der Waals surface area (Å²) in [6, 6.07) is 66.8. The zero-order valence-electron chi connectivity index (χ0n) is 29.3. The standard InChI is InChI=1S/C50H32N4/c1-5-14-33(15-6-1)38-28-39(44-32-43(34-16-7-2-8-17-34)51-50(52-44)36-18-9-3-10-19-36)30-41(29-38)54-45-23-13-20-35-24-25-42-48(47(35)45)46(54)31-37-26-27-53(49(37)42)40-21-11-4-12-22-40/h1-32H. The number of benzene rings is 8. The molecule has 0 saturated carbocycles. The first-order valence-corrected chi connectivity index (χ1v) is 18.3. The highest BCUT2D eigenvalue weighted by Crippen LogP contribution is 2.44. The molecule has 3 heterocycles. The molecule has 4 heteroatoms. The number of rotatable bonds is 6. The van der Waals surface area contributed by atoms with E-state index in [9.17, 15) is 0 Å². The van der Waals surface area contributed by atoms with Gasteiger partial charge in [-0.25, -0.2) is 9.97 Å². The molecule has 0 spiro atoms. The van der Waals surface area contributed by atoms with Gasteiger partial charge in [0.25, 0.3) is 0 Å². The minimum absolute atomic E-state index is 0.701. The summed E-state index contributed by atoms with van der Waals surface area (Å²) in [4.78, 5) is 10.3. The van der Waals surface area contributed by atoms with Gasteiger partial charge in [-0.3, -0.25) is 0 Å². The highest BCUT2D eigenvalue weighted by molar-refractivity contribution is 6.29. The molecule has 0 radical (unpaired) electrons. The van der Waals surface area contributed by atoms with Gasteiger partial charge in [-0.1, -0.05) is 133 Å². The van der Waals surface area contributed by atoms with Crippen LogP contribution in [0.2, 0.25) is 0 Å². The highest BCUT2D eigenvalue weighted by atomic mass is 15.0. The Morgan fingerprint density at radius 2 is 1.02 bits per heavy atom. The summed E-state index contributed by atoms with van der Waals surface area (Å²) in [6.45, 7) is 0. The second kappa shape index (κ2) is 12.1. The van der Waals surface area contributed by atoms with Crippen LogP contribution < -0.4 is 0 Å². The molecule has 0 aliphatic heterocycles. The van der Waals surface area contributed by atoms with E-state index in [0.29, 0.717) is 5.82 Å². The van der Waals surface area contributed by atoms with Crippen molar-refractivity contribution in [3.63, 3.8) is 0 Å². The number of nitrogens with zero attached hydrogens (tertiary/aromatic N) is 4. The fraction of sp³-hybridized carbons (Fsp3) is 0. The number of aromatic nitrogens is 4. The van der Waals surface area contributed by atoms with Gasteiger partial charge in [0.2, 0.25) is 0 Å². The zero-order chi connectivity index (χ0) is 35.6. The Hall–Kier alpha value is -7.30. The Bertz CT molecular complexity index is 3070. The van der Waals surface area contributed by atoms with Crippen molar-refractivity contribution in [1.29, 1.82) is 0 Å². The zero-order valence-corrected chi connectivity index (χ0v) is 29.3. The summed E-state index contributed by atoms with van der Waals surface area (Å²) in [6.07, 6.45) is 2.20. The lowest BCUT2D eigenvalue weighted by molar-refractivity contribution is 1.13. The average molecular weight is 689 g/mol. The van der Waals surface area contributed by atoms with Crippen LogP contribution in [0, 0.1) is 0 Å². The van der Waals surface area contributed by atoms with Gasteiger partial charge in [0.15, 0.2) is 5.82 Å². The predicted octanol–water partition coefficient (Wildman–Crippen LogP) is 12.8. The molecule has 0 aliphatic rings. The van der Waals surface area contributed by atoms with Crippen LogP contribution in [-0.4, -0.2) is 19.1 Å². The van der Waals surface area contributed by atoms with Crippen molar-refractivity contribution in [2.45, 2.75) is 0 Å². The third-order valence-electron chi connectivity index (χ3n) is 10.7. The average Bonchev–Trinajstić information content (AvgIpc) is 3.84. The van der Waals surface area contributed by atoms with Crippen LogP contribution in [0.5, 0.6) is 0 Å². The van der Waals surface area contributed by atoms with E-state index >= 15 is 0 Å². The quantitative estimate of drug-likeness (QED) is 0.163. The van der Waals surface area contributed by atoms with E-state index in [0.717, 1.165) is 50.6 Å². The molecule has 54 heavy (non-hydrogen) atoms. The maximum atomic E-state index is 5.26. The molecular formula is C50H32N4. The van der Waals surface area contributed by atoms with Crippen LogP contribution in [0.3, 0.4) is 0 Å². The van der Waals surface area contributed by atoms with Gasteiger partial charge in [0, 0.05) is 55.8 Å². The monoisotopic (exact) mass is 688 g/mol. The second-order valence-corrected chi connectivity index (χ2v) is 13.9. The van der Waals surface area contributed by atoms with Crippen LogP contribution in [0.15, 0.2) is 194 Å². The third-order valence-corrected chi connectivity index (χ3v) is 10.7. The Kier molecular flexibility index (Phi) is 6.82. The van der Waals surface area contributed by atoms with E-state index in [1.807, 2.05) is 24.3 Å². The fourth-order valence-electron chi connectivity index (χ4n) is 8.22. The topological polar surface area (TPSA) is 35.6 Å². The number of para-hydroxylation sites is 1. The van der Waals surface area contributed by atoms with Crippen LogP contribution in [0.1, 0.15) is 0 Å². The van der Waals surface area contributed by atoms with Crippen molar-refractivity contribution >= 4 is 43.5 Å². The molecule has 0 fully saturated rings. The summed E-state index contributed by atoms with van der Waals surface area (Å²) < 4.78 is 4.78. The molecule has 8 aromatic carbocycles. The SMILES string of the molecule is c1ccc(-c2cc(-c3cc(-c4ccccc4)nc(-c4ccccc4)n3)cc(-n3c4cccc5ccc6c(c54)c3cc3ccn(-c4ccccc4)c36)c2)cc1. The van der Waals surface area contributed by atoms with Gasteiger partial charge < -0.3 is 9.13 Å². The molecule has 4 nitrogen and oxygen atoms in total. The van der Waals surface area contributed by atoms with Crippen LogP contribution in [-0.2, 0) is 0 Å². The van der Waals surface area contributed by atoms with E-state index < -0.39 is 0 Å². The summed E-state index contributed by atoms with van der Waals surface area (Å²) in [7, 11) is 0. The Balaban J connectivity index is 1.21. The van der Waals surface area contributed by atoms with Crippen molar-refractivity contribution in [3.8, 4) is 56.4 Å². The summed E-state index contributed by atoms with van der Waals surface area (Å²) in [5.74, 6) is 0.701. The minimum atomic E-state index is 0.701. The van der Waals surface area contributed by atoms with Crippen molar-refractivity contribution in [3.05, 3.63) is 194 Å². The molecule has 11 aromatic rings. The number of fused-ring (bicyclic) bond motifs is 2. The largest absolute Gasteiger partial charge is 0.316 e. The molecule has 0 amide bonds. The van der Waals surface area contributed by atoms with Gasteiger partial charge >= 0.3 is 0 Å². The van der Waals surface area contributed by atoms with Crippen molar-refractivity contribution in [1.82, 2.24) is 19.1 Å². The highest BCUT2D eigenvalue weighted by Gasteiger charge is 2.22. The minimum Gasteiger partial charge on any atom is -0.316 e. The van der Waals surface area contributed by atoms with Gasteiger partial charge in [-0.15, -0.1) is 0 Å². The number of hydrogen-bond acceptors (Lipinski definition) is 2. The molecular weight excluding hydrogens is 657 g/mol. The molecule has 0 atom stereocenters. The maximum Gasteiger partial charge on any atom is 0.160 e. The molecule has 252 valence electrons. The first kappa shape index (κ1) is 30.3. The Morgan fingerprint density at radius 3 is 1.76 bits per heavy atom. The molecule has 0 bridgehead atoms. The number of hydrogen-bond donors (Lipinski definition) is 0. The Labute approximate surface area is 312 Å². The smallest absolute Gasteiger partial charge is 0.160 e. The molecule has 0 N–H and O–H groups in total. The predicted molar refractivity (Wildman–Crippen MR) is 224 cm³/mol. The Morgan fingerprint density at radius 1 is 0.370 bits per heavy atom. The third kappa shape index (κ3) is 4.85. The van der Waals surface area contributed by atoms with E-state index in [1.165, 1.54) is 43.5 Å².